The average molecular weight is 211 g/mol. The van der Waals surface area contributed by atoms with Crippen LogP contribution in [0.15, 0.2) is 6.20 Å². The van der Waals surface area contributed by atoms with Gasteiger partial charge in [-0.1, -0.05) is 18.6 Å². The topological polar surface area (TPSA) is 85.8 Å². The highest BCUT2D eigenvalue weighted by atomic mass is 16.2. The molecule has 0 saturated carbocycles. The van der Waals surface area contributed by atoms with Crippen LogP contribution in [-0.2, 0) is 17.9 Å². The summed E-state index contributed by atoms with van der Waals surface area (Å²) in [5.74, 6) is -0.0445. The van der Waals surface area contributed by atoms with Crippen LogP contribution in [0.2, 0.25) is 0 Å². The van der Waals surface area contributed by atoms with Crippen molar-refractivity contribution in [3.8, 4) is 0 Å². The van der Waals surface area contributed by atoms with Gasteiger partial charge in [0.05, 0.1) is 11.9 Å². The minimum Gasteiger partial charge on any atom is -0.354 e. The third kappa shape index (κ3) is 4.07. The van der Waals surface area contributed by atoms with Crippen molar-refractivity contribution in [3.05, 3.63) is 11.9 Å². The van der Waals surface area contributed by atoms with Crippen molar-refractivity contribution >= 4 is 5.91 Å². The zero-order chi connectivity index (χ0) is 11.1. The van der Waals surface area contributed by atoms with Gasteiger partial charge in [0, 0.05) is 13.1 Å². The highest BCUT2D eigenvalue weighted by Gasteiger charge is 2.04. The minimum atomic E-state index is -0.0445. The molecule has 6 heteroatoms. The van der Waals surface area contributed by atoms with Crippen LogP contribution in [0, 0.1) is 0 Å². The summed E-state index contributed by atoms with van der Waals surface area (Å²) in [6.45, 7) is 3.35. The lowest BCUT2D eigenvalue weighted by Crippen LogP contribution is -2.28. The molecule has 1 amide bonds. The first-order valence-electron chi connectivity index (χ1n) is 5.12. The first-order chi connectivity index (χ1) is 7.26. The molecule has 0 bridgehead atoms. The molecule has 0 aliphatic carbocycles. The van der Waals surface area contributed by atoms with Crippen LogP contribution in [0.4, 0.5) is 0 Å². The number of carbonyl (C=O) groups is 1. The number of rotatable bonds is 6. The Hall–Kier alpha value is -1.43. The Bertz CT molecular complexity index is 309. The molecule has 6 nitrogen and oxygen atoms in total. The molecule has 0 atom stereocenters. The van der Waals surface area contributed by atoms with Gasteiger partial charge in [0.2, 0.25) is 5.91 Å². The van der Waals surface area contributed by atoms with Gasteiger partial charge in [-0.15, -0.1) is 5.10 Å². The van der Waals surface area contributed by atoms with E-state index in [1.807, 2.05) is 0 Å². The predicted octanol–water partition coefficient (Wildman–Crippen LogP) is -0.347. The third-order valence-electron chi connectivity index (χ3n) is 1.95. The van der Waals surface area contributed by atoms with Gasteiger partial charge in [-0.3, -0.25) is 4.79 Å². The van der Waals surface area contributed by atoms with Crippen LogP contribution in [0.1, 0.15) is 25.5 Å². The molecule has 15 heavy (non-hydrogen) atoms. The molecular formula is C9H17N5O. The molecular weight excluding hydrogens is 194 g/mol. The number of unbranched alkanes of at least 4 members (excludes halogenated alkanes) is 1. The summed E-state index contributed by atoms with van der Waals surface area (Å²) in [5, 5.41) is 10.4. The average Bonchev–Trinajstić information content (AvgIpc) is 2.66. The zero-order valence-corrected chi connectivity index (χ0v) is 8.94. The summed E-state index contributed by atoms with van der Waals surface area (Å²) in [5.41, 5.74) is 6.07. The van der Waals surface area contributed by atoms with Gasteiger partial charge >= 0.3 is 0 Å². The van der Waals surface area contributed by atoms with Crippen molar-refractivity contribution in [2.24, 2.45) is 5.73 Å². The van der Waals surface area contributed by atoms with Crippen molar-refractivity contribution in [1.29, 1.82) is 0 Å². The molecule has 1 heterocycles. The number of amides is 1. The molecule has 84 valence electrons. The lowest BCUT2D eigenvalue weighted by Gasteiger charge is -2.03. The van der Waals surface area contributed by atoms with E-state index < -0.39 is 0 Å². The predicted molar refractivity (Wildman–Crippen MR) is 55.8 cm³/mol. The Kier molecular flexibility index (Phi) is 4.76. The van der Waals surface area contributed by atoms with Crippen LogP contribution in [-0.4, -0.2) is 27.4 Å². The van der Waals surface area contributed by atoms with Crippen molar-refractivity contribution in [1.82, 2.24) is 20.3 Å². The Morgan fingerprint density at radius 3 is 3.07 bits per heavy atom. The number of nitrogens with one attached hydrogen (secondary N) is 1. The molecule has 0 aliphatic rings. The van der Waals surface area contributed by atoms with Crippen LogP contribution < -0.4 is 11.1 Å². The molecule has 1 aromatic rings. The third-order valence-corrected chi connectivity index (χ3v) is 1.95. The van der Waals surface area contributed by atoms with Crippen LogP contribution in [0.25, 0.3) is 0 Å². The Labute approximate surface area is 88.8 Å². The summed E-state index contributed by atoms with van der Waals surface area (Å²) in [4.78, 5) is 11.4. The zero-order valence-electron chi connectivity index (χ0n) is 8.94. The van der Waals surface area contributed by atoms with E-state index in [2.05, 4.69) is 22.6 Å². The van der Waals surface area contributed by atoms with E-state index >= 15 is 0 Å². The smallest absolute Gasteiger partial charge is 0.241 e. The first kappa shape index (κ1) is 11.6. The number of hydrogen-bond donors (Lipinski definition) is 2. The van der Waals surface area contributed by atoms with E-state index in [-0.39, 0.29) is 12.5 Å². The number of aromatic nitrogens is 3. The molecule has 0 saturated heterocycles. The second-order valence-electron chi connectivity index (χ2n) is 3.32. The van der Waals surface area contributed by atoms with Crippen molar-refractivity contribution in [3.63, 3.8) is 0 Å². The van der Waals surface area contributed by atoms with E-state index in [9.17, 15) is 4.79 Å². The molecule has 1 aromatic heterocycles. The molecule has 0 radical (unpaired) electrons. The Morgan fingerprint density at radius 2 is 2.47 bits per heavy atom. The second kappa shape index (κ2) is 6.13. The van der Waals surface area contributed by atoms with Gasteiger partial charge in [0.25, 0.3) is 0 Å². The highest BCUT2D eigenvalue weighted by molar-refractivity contribution is 5.75. The summed E-state index contributed by atoms with van der Waals surface area (Å²) in [7, 11) is 0. The molecule has 0 spiro atoms. The Balaban J connectivity index is 2.31. The summed E-state index contributed by atoms with van der Waals surface area (Å²) in [6.07, 6.45) is 3.75. The molecule has 1 rings (SSSR count). The van der Waals surface area contributed by atoms with Gasteiger partial charge in [0.15, 0.2) is 0 Å². The lowest BCUT2D eigenvalue weighted by atomic mass is 10.3. The standard InChI is InChI=1S/C9H17N5O/c1-2-3-4-11-9(15)7-14-6-8(5-10)12-13-14/h6H,2-5,7,10H2,1H3,(H,11,15). The van der Waals surface area contributed by atoms with E-state index in [0.717, 1.165) is 12.8 Å². The molecule has 3 N–H and O–H groups in total. The molecule has 0 unspecified atom stereocenters. The summed E-state index contributed by atoms with van der Waals surface area (Å²) < 4.78 is 1.49. The highest BCUT2D eigenvalue weighted by Crippen LogP contribution is 1.91. The maximum atomic E-state index is 11.4. The fourth-order valence-corrected chi connectivity index (χ4v) is 1.12. The van der Waals surface area contributed by atoms with Crippen LogP contribution in [0.5, 0.6) is 0 Å². The molecule has 0 aliphatic heterocycles. The maximum absolute atomic E-state index is 11.4. The van der Waals surface area contributed by atoms with Gasteiger partial charge in [-0.2, -0.15) is 0 Å². The maximum Gasteiger partial charge on any atom is 0.241 e. The largest absolute Gasteiger partial charge is 0.354 e. The van der Waals surface area contributed by atoms with E-state index in [4.69, 9.17) is 5.73 Å². The van der Waals surface area contributed by atoms with Crippen LogP contribution in [0.3, 0.4) is 0 Å². The normalized spacial score (nSPS) is 10.3. The lowest BCUT2D eigenvalue weighted by molar-refractivity contribution is -0.121. The number of nitrogens with zero attached hydrogens (tertiary/aromatic N) is 3. The fourth-order valence-electron chi connectivity index (χ4n) is 1.12. The van der Waals surface area contributed by atoms with E-state index in [1.165, 1.54) is 4.68 Å². The molecule has 0 fully saturated rings. The first-order valence-corrected chi connectivity index (χ1v) is 5.12. The monoisotopic (exact) mass is 211 g/mol. The van der Waals surface area contributed by atoms with E-state index in [0.29, 0.717) is 18.8 Å². The summed E-state index contributed by atoms with van der Waals surface area (Å²) >= 11 is 0. The van der Waals surface area contributed by atoms with Crippen molar-refractivity contribution < 1.29 is 4.79 Å². The second-order valence-corrected chi connectivity index (χ2v) is 3.32. The quantitative estimate of drug-likeness (QED) is 0.630. The fraction of sp³-hybridized carbons (Fsp3) is 0.667. The van der Waals surface area contributed by atoms with Gasteiger partial charge < -0.3 is 11.1 Å². The van der Waals surface area contributed by atoms with Crippen LogP contribution >= 0.6 is 0 Å². The van der Waals surface area contributed by atoms with Gasteiger partial charge in [-0.05, 0) is 6.42 Å². The number of nitrogens with two attached hydrogens (primary N) is 1. The molecule has 0 aromatic carbocycles. The SMILES string of the molecule is CCCCNC(=O)Cn1cc(CN)nn1. The summed E-state index contributed by atoms with van der Waals surface area (Å²) in [6, 6.07) is 0. The Morgan fingerprint density at radius 1 is 1.67 bits per heavy atom. The van der Waals surface area contributed by atoms with E-state index in [1.54, 1.807) is 6.20 Å². The van der Waals surface area contributed by atoms with Crippen molar-refractivity contribution in [2.45, 2.75) is 32.9 Å². The van der Waals surface area contributed by atoms with Gasteiger partial charge in [-0.25, -0.2) is 4.68 Å². The van der Waals surface area contributed by atoms with Gasteiger partial charge in [0.1, 0.15) is 6.54 Å². The minimum absolute atomic E-state index is 0.0445. The van der Waals surface area contributed by atoms with Crippen molar-refractivity contribution in [2.75, 3.05) is 6.54 Å². The number of carbonyl (C=O) groups excluding carboxylic acids is 1. The number of hydrogen-bond acceptors (Lipinski definition) is 4.